The van der Waals surface area contributed by atoms with Gasteiger partial charge in [-0.25, -0.2) is 0 Å². The summed E-state index contributed by atoms with van der Waals surface area (Å²) in [4.78, 5) is 4.77. The minimum Gasteiger partial charge on any atom is -0.310 e. The number of para-hydroxylation sites is 1. The van der Waals surface area contributed by atoms with Crippen molar-refractivity contribution in [2.24, 2.45) is 0 Å². The molecule has 0 radical (unpaired) electrons. The maximum atomic E-state index is 2.44. The van der Waals surface area contributed by atoms with Crippen LogP contribution in [0.15, 0.2) is 218 Å². The summed E-state index contributed by atoms with van der Waals surface area (Å²) in [6.07, 6.45) is 0.861. The molecule has 0 fully saturated rings. The quantitative estimate of drug-likeness (QED) is 0.163. The van der Waals surface area contributed by atoms with E-state index in [1.165, 1.54) is 66.7 Å². The monoisotopic (exact) mass is 702 g/mol. The molecular formula is C53H38N2. The van der Waals surface area contributed by atoms with Crippen molar-refractivity contribution >= 4 is 44.9 Å². The predicted molar refractivity (Wildman–Crippen MR) is 232 cm³/mol. The van der Waals surface area contributed by atoms with Crippen LogP contribution in [-0.4, -0.2) is 0 Å². The van der Waals surface area contributed by atoms with Crippen LogP contribution < -0.4 is 9.80 Å². The molecule has 0 aliphatic carbocycles. The van der Waals surface area contributed by atoms with Crippen LogP contribution in [0.2, 0.25) is 0 Å². The minimum atomic E-state index is 0.861. The lowest BCUT2D eigenvalue weighted by molar-refractivity contribution is 1.09. The minimum absolute atomic E-state index is 0.861. The van der Waals surface area contributed by atoms with Gasteiger partial charge in [-0.3, -0.25) is 0 Å². The van der Waals surface area contributed by atoms with Gasteiger partial charge in [-0.1, -0.05) is 146 Å². The van der Waals surface area contributed by atoms with E-state index in [2.05, 4.69) is 228 Å². The van der Waals surface area contributed by atoms with Crippen LogP contribution in [0.3, 0.4) is 0 Å². The van der Waals surface area contributed by atoms with E-state index in [-0.39, 0.29) is 0 Å². The Morgan fingerprint density at radius 1 is 0.309 bits per heavy atom. The largest absolute Gasteiger partial charge is 0.310 e. The second kappa shape index (κ2) is 14.0. The first-order valence-electron chi connectivity index (χ1n) is 19.0. The molecule has 0 amide bonds. The van der Waals surface area contributed by atoms with Gasteiger partial charge < -0.3 is 9.80 Å². The van der Waals surface area contributed by atoms with E-state index in [0.29, 0.717) is 0 Å². The lowest BCUT2D eigenvalue weighted by Gasteiger charge is -2.34. The first-order chi connectivity index (χ1) is 27.2. The van der Waals surface area contributed by atoms with Crippen molar-refractivity contribution in [3.05, 3.63) is 230 Å². The molecule has 55 heavy (non-hydrogen) atoms. The van der Waals surface area contributed by atoms with Crippen LogP contribution in [0.4, 0.5) is 34.1 Å². The van der Waals surface area contributed by atoms with E-state index in [0.717, 1.165) is 29.2 Å². The Hall–Kier alpha value is -7.16. The van der Waals surface area contributed by atoms with Crippen LogP contribution in [0.25, 0.3) is 44.2 Å². The van der Waals surface area contributed by atoms with Gasteiger partial charge >= 0.3 is 0 Å². The molecule has 0 spiro atoms. The zero-order chi connectivity index (χ0) is 36.6. The maximum absolute atomic E-state index is 2.44. The van der Waals surface area contributed by atoms with Crippen LogP contribution in [0, 0.1) is 0 Å². The average Bonchev–Trinajstić information content (AvgIpc) is 3.26. The van der Waals surface area contributed by atoms with Crippen LogP contribution in [0.1, 0.15) is 11.1 Å². The highest BCUT2D eigenvalue weighted by molar-refractivity contribution is 5.90. The topological polar surface area (TPSA) is 6.48 Å². The van der Waals surface area contributed by atoms with E-state index in [9.17, 15) is 0 Å². The van der Waals surface area contributed by atoms with Gasteiger partial charge in [-0.2, -0.15) is 0 Å². The fourth-order valence-corrected chi connectivity index (χ4v) is 8.07. The third-order valence-corrected chi connectivity index (χ3v) is 10.8. The van der Waals surface area contributed by atoms with Crippen molar-refractivity contribution in [2.45, 2.75) is 6.42 Å². The molecule has 1 aliphatic heterocycles. The molecule has 2 nitrogen and oxygen atoms in total. The highest BCUT2D eigenvalue weighted by Gasteiger charge is 2.25. The molecule has 0 aromatic heterocycles. The summed E-state index contributed by atoms with van der Waals surface area (Å²) in [5.41, 5.74) is 16.9. The van der Waals surface area contributed by atoms with Gasteiger partial charge in [0.2, 0.25) is 0 Å². The Kier molecular flexibility index (Phi) is 8.27. The summed E-state index contributed by atoms with van der Waals surface area (Å²) < 4.78 is 0. The summed E-state index contributed by atoms with van der Waals surface area (Å²) in [6, 6.07) is 79.1. The molecular weight excluding hydrogens is 665 g/mol. The molecule has 2 heteroatoms. The third-order valence-electron chi connectivity index (χ3n) is 10.8. The third kappa shape index (κ3) is 6.24. The summed E-state index contributed by atoms with van der Waals surface area (Å²) in [6.45, 7) is 0. The van der Waals surface area contributed by atoms with Crippen molar-refractivity contribution in [1.82, 2.24) is 0 Å². The smallest absolute Gasteiger partial charge is 0.0497 e. The number of hydrogen-bond acceptors (Lipinski definition) is 2. The van der Waals surface area contributed by atoms with Crippen molar-refractivity contribution < 1.29 is 0 Å². The first kappa shape index (κ1) is 32.5. The first-order valence-corrected chi connectivity index (χ1v) is 19.0. The Morgan fingerprint density at radius 2 is 0.745 bits per heavy atom. The summed E-state index contributed by atoms with van der Waals surface area (Å²) >= 11 is 0. The molecule has 1 heterocycles. The molecule has 0 atom stereocenters. The van der Waals surface area contributed by atoms with Crippen LogP contribution in [0.5, 0.6) is 0 Å². The van der Waals surface area contributed by atoms with Gasteiger partial charge in [0.1, 0.15) is 0 Å². The van der Waals surface area contributed by atoms with Crippen molar-refractivity contribution in [1.29, 1.82) is 0 Å². The van der Waals surface area contributed by atoms with Gasteiger partial charge in [0.25, 0.3) is 0 Å². The van der Waals surface area contributed by atoms with Gasteiger partial charge in [-0.15, -0.1) is 0 Å². The van der Waals surface area contributed by atoms with Crippen molar-refractivity contribution in [2.75, 3.05) is 9.80 Å². The molecule has 0 saturated heterocycles. The fraction of sp³-hybridized carbons (Fsp3) is 0.0189. The van der Waals surface area contributed by atoms with Crippen molar-refractivity contribution in [3.8, 4) is 33.4 Å². The number of benzene rings is 9. The number of anilines is 6. The van der Waals surface area contributed by atoms with Gasteiger partial charge in [0.05, 0.1) is 0 Å². The molecule has 0 saturated carbocycles. The number of nitrogens with zero attached hydrogens (tertiary/aromatic N) is 2. The Bertz CT molecular complexity index is 2760. The zero-order valence-electron chi connectivity index (χ0n) is 30.4. The number of rotatable bonds is 7. The molecule has 260 valence electrons. The average molecular weight is 703 g/mol. The summed E-state index contributed by atoms with van der Waals surface area (Å²) in [7, 11) is 0. The normalized spacial score (nSPS) is 11.9. The zero-order valence-corrected chi connectivity index (χ0v) is 30.4. The molecule has 1 aliphatic rings. The second-order valence-corrected chi connectivity index (χ2v) is 14.2. The lowest BCUT2D eigenvalue weighted by atomic mass is 9.90. The standard InChI is InChI=1S/C53H38N2/c1-4-12-38(13-5-1)41-20-29-50(30-21-41)55-52-32-25-44(39-14-6-2-7-15-39)34-46(52)36-47-35-45(26-33-53(47)55)42-22-27-49(28-23-42)54(48-18-8-3-9-19-48)51-31-24-40-16-10-11-17-43(40)37-51/h1-35,37H,36H2. The van der Waals surface area contributed by atoms with Gasteiger partial charge in [-0.05, 0) is 128 Å². The van der Waals surface area contributed by atoms with E-state index in [1.54, 1.807) is 0 Å². The maximum Gasteiger partial charge on any atom is 0.0497 e. The highest BCUT2D eigenvalue weighted by atomic mass is 15.2. The molecule has 0 unspecified atom stereocenters. The second-order valence-electron chi connectivity index (χ2n) is 14.2. The Morgan fingerprint density at radius 3 is 1.36 bits per heavy atom. The van der Waals surface area contributed by atoms with E-state index >= 15 is 0 Å². The summed E-state index contributed by atoms with van der Waals surface area (Å²) in [5, 5.41) is 2.47. The predicted octanol–water partition coefficient (Wildman–Crippen LogP) is 14.7. The van der Waals surface area contributed by atoms with E-state index < -0.39 is 0 Å². The fourth-order valence-electron chi connectivity index (χ4n) is 8.07. The Balaban J connectivity index is 1.03. The van der Waals surface area contributed by atoms with Crippen LogP contribution >= 0.6 is 0 Å². The van der Waals surface area contributed by atoms with Crippen LogP contribution in [-0.2, 0) is 6.42 Å². The van der Waals surface area contributed by atoms with E-state index in [4.69, 9.17) is 0 Å². The molecule has 10 rings (SSSR count). The molecule has 9 aromatic rings. The lowest BCUT2D eigenvalue weighted by Crippen LogP contribution is -2.18. The molecule has 0 bridgehead atoms. The van der Waals surface area contributed by atoms with Gasteiger partial charge in [0, 0.05) is 40.5 Å². The van der Waals surface area contributed by atoms with Gasteiger partial charge in [0.15, 0.2) is 0 Å². The highest BCUT2D eigenvalue weighted by Crippen LogP contribution is 2.46. The summed E-state index contributed by atoms with van der Waals surface area (Å²) in [5.74, 6) is 0. The molecule has 0 N–H and O–H groups in total. The SMILES string of the molecule is c1ccc(-c2ccc(N3c4ccc(-c5ccccc5)cc4Cc4cc(-c5ccc(N(c6ccccc6)c6ccc7ccccc7c6)cc5)ccc43)cc2)cc1. The Labute approximate surface area is 322 Å². The van der Waals surface area contributed by atoms with E-state index in [1.807, 2.05) is 0 Å². The molecule has 9 aromatic carbocycles. The number of fused-ring (bicyclic) bond motifs is 3. The van der Waals surface area contributed by atoms with Crippen molar-refractivity contribution in [3.63, 3.8) is 0 Å². The number of hydrogen-bond donors (Lipinski definition) is 0.